The molecule has 0 amide bonds. The van der Waals surface area contributed by atoms with Crippen LogP contribution in [0.2, 0.25) is 0 Å². The molecule has 1 unspecified atom stereocenters. The highest BCUT2D eigenvalue weighted by Gasteiger charge is 2.20. The van der Waals surface area contributed by atoms with Gasteiger partial charge >= 0.3 is 0 Å². The van der Waals surface area contributed by atoms with Crippen LogP contribution >= 0.6 is 11.8 Å². The molecular weight excluding hydrogens is 208 g/mol. The highest BCUT2D eigenvalue weighted by molar-refractivity contribution is 8.14. The van der Waals surface area contributed by atoms with Crippen molar-refractivity contribution in [2.45, 2.75) is 33.2 Å². The highest BCUT2D eigenvalue weighted by atomic mass is 32.2. The molecule has 0 aromatic rings. The first-order valence-corrected chi connectivity index (χ1v) is 6.45. The molecule has 1 heterocycles. The van der Waals surface area contributed by atoms with E-state index in [1.54, 1.807) is 7.11 Å². The number of methoxy groups -OCH3 is 1. The zero-order chi connectivity index (χ0) is 11.3. The van der Waals surface area contributed by atoms with Crippen molar-refractivity contribution in [3.63, 3.8) is 0 Å². The van der Waals surface area contributed by atoms with E-state index in [0.29, 0.717) is 6.04 Å². The van der Waals surface area contributed by atoms with E-state index in [0.717, 1.165) is 30.5 Å². The first-order valence-electron chi connectivity index (χ1n) is 5.46. The first-order chi connectivity index (χ1) is 7.03. The number of aliphatic imine (C=N–C) groups is 1. The minimum Gasteiger partial charge on any atom is -0.385 e. The summed E-state index contributed by atoms with van der Waals surface area (Å²) in [6, 6.07) is 0.566. The average molecular weight is 230 g/mol. The van der Waals surface area contributed by atoms with Gasteiger partial charge in [-0.25, -0.2) is 0 Å². The van der Waals surface area contributed by atoms with E-state index >= 15 is 0 Å². The maximum absolute atomic E-state index is 5.10. The molecule has 1 aliphatic rings. The van der Waals surface area contributed by atoms with E-state index in [4.69, 9.17) is 4.74 Å². The van der Waals surface area contributed by atoms with Crippen molar-refractivity contribution < 1.29 is 4.74 Å². The predicted molar refractivity (Wildman–Crippen MR) is 67.6 cm³/mol. The van der Waals surface area contributed by atoms with Gasteiger partial charge in [0.15, 0.2) is 5.17 Å². The molecule has 15 heavy (non-hydrogen) atoms. The van der Waals surface area contributed by atoms with E-state index in [9.17, 15) is 0 Å². The summed E-state index contributed by atoms with van der Waals surface area (Å²) in [5.41, 5.74) is 0.233. The maximum Gasteiger partial charge on any atom is 0.156 e. The Kier molecular flexibility index (Phi) is 4.93. The monoisotopic (exact) mass is 230 g/mol. The molecule has 1 aliphatic heterocycles. The van der Waals surface area contributed by atoms with Crippen LogP contribution in [-0.2, 0) is 4.74 Å². The molecule has 4 heteroatoms. The third-order valence-electron chi connectivity index (χ3n) is 2.47. The standard InChI is InChI=1S/C11H22N2OS/c1-9-7-15-10(13-9)12-8-11(2,3)5-6-14-4/h9H,5-8H2,1-4H3,(H,12,13). The van der Waals surface area contributed by atoms with Crippen LogP contribution in [0, 0.1) is 5.41 Å². The van der Waals surface area contributed by atoms with Gasteiger partial charge in [0.25, 0.3) is 0 Å². The molecule has 1 fully saturated rings. The minimum absolute atomic E-state index is 0.233. The summed E-state index contributed by atoms with van der Waals surface area (Å²) in [6.07, 6.45) is 1.06. The van der Waals surface area contributed by atoms with Crippen molar-refractivity contribution in [1.29, 1.82) is 0 Å². The van der Waals surface area contributed by atoms with Gasteiger partial charge in [0.1, 0.15) is 0 Å². The van der Waals surface area contributed by atoms with E-state index < -0.39 is 0 Å². The number of nitrogens with one attached hydrogen (secondary N) is 1. The van der Waals surface area contributed by atoms with Gasteiger partial charge in [-0.2, -0.15) is 0 Å². The van der Waals surface area contributed by atoms with E-state index in [2.05, 4.69) is 31.1 Å². The molecule has 1 atom stereocenters. The lowest BCUT2D eigenvalue weighted by Crippen LogP contribution is -2.25. The predicted octanol–water partition coefficient (Wildman–Crippen LogP) is 2.13. The lowest BCUT2D eigenvalue weighted by Gasteiger charge is -2.21. The van der Waals surface area contributed by atoms with Crippen LogP contribution in [0.4, 0.5) is 0 Å². The van der Waals surface area contributed by atoms with Crippen LogP contribution in [0.3, 0.4) is 0 Å². The first kappa shape index (κ1) is 12.8. The third kappa shape index (κ3) is 4.89. The molecule has 3 nitrogen and oxygen atoms in total. The van der Waals surface area contributed by atoms with Gasteiger partial charge in [-0.3, -0.25) is 4.99 Å². The molecule has 1 N–H and O–H groups in total. The van der Waals surface area contributed by atoms with Crippen molar-refractivity contribution in [3.05, 3.63) is 0 Å². The fourth-order valence-corrected chi connectivity index (χ4v) is 2.26. The third-order valence-corrected chi connectivity index (χ3v) is 3.66. The number of ether oxygens (including phenoxy) is 1. The summed E-state index contributed by atoms with van der Waals surface area (Å²) in [5.74, 6) is 1.14. The molecule has 0 spiro atoms. The Hall–Kier alpha value is -0.220. The molecule has 0 radical (unpaired) electrons. The average Bonchev–Trinajstić information content (AvgIpc) is 2.59. The molecular formula is C11H22N2OS. The van der Waals surface area contributed by atoms with Crippen molar-refractivity contribution in [2.24, 2.45) is 10.4 Å². The van der Waals surface area contributed by atoms with Crippen LogP contribution in [0.5, 0.6) is 0 Å². The second-order valence-corrected chi connectivity index (χ2v) is 5.89. The Labute approximate surface area is 97.1 Å². The minimum atomic E-state index is 0.233. The van der Waals surface area contributed by atoms with Crippen molar-refractivity contribution in [3.8, 4) is 0 Å². The zero-order valence-corrected chi connectivity index (χ0v) is 11.0. The van der Waals surface area contributed by atoms with E-state index in [-0.39, 0.29) is 5.41 Å². The van der Waals surface area contributed by atoms with Crippen molar-refractivity contribution >= 4 is 16.9 Å². The molecule has 1 saturated heterocycles. The Morgan fingerprint density at radius 1 is 1.60 bits per heavy atom. The van der Waals surface area contributed by atoms with Crippen LogP contribution < -0.4 is 5.32 Å². The van der Waals surface area contributed by atoms with Crippen LogP contribution in [0.25, 0.3) is 0 Å². The summed E-state index contributed by atoms with van der Waals surface area (Å²) in [7, 11) is 1.75. The number of hydrogen-bond donors (Lipinski definition) is 1. The topological polar surface area (TPSA) is 33.6 Å². The molecule has 88 valence electrons. The van der Waals surface area contributed by atoms with Gasteiger partial charge in [-0.15, -0.1) is 0 Å². The fourth-order valence-electron chi connectivity index (χ4n) is 1.33. The summed E-state index contributed by atoms with van der Waals surface area (Å²) >= 11 is 1.82. The molecule has 0 aromatic heterocycles. The lowest BCUT2D eigenvalue weighted by molar-refractivity contribution is 0.155. The number of hydrogen-bond acceptors (Lipinski definition) is 3. The summed E-state index contributed by atoms with van der Waals surface area (Å²) in [6.45, 7) is 8.34. The highest BCUT2D eigenvalue weighted by Crippen LogP contribution is 2.22. The van der Waals surface area contributed by atoms with E-state index in [1.165, 1.54) is 0 Å². The fraction of sp³-hybridized carbons (Fsp3) is 0.909. The lowest BCUT2D eigenvalue weighted by atomic mass is 9.90. The Balaban J connectivity index is 2.34. The van der Waals surface area contributed by atoms with Crippen LogP contribution in [0.1, 0.15) is 27.2 Å². The largest absolute Gasteiger partial charge is 0.385 e. The van der Waals surface area contributed by atoms with Gasteiger partial charge in [0.2, 0.25) is 0 Å². The molecule has 1 rings (SSSR count). The normalized spacial score (nSPS) is 24.5. The molecule has 0 aliphatic carbocycles. The van der Waals surface area contributed by atoms with Gasteiger partial charge in [-0.05, 0) is 18.8 Å². The van der Waals surface area contributed by atoms with Gasteiger partial charge < -0.3 is 10.1 Å². The smallest absolute Gasteiger partial charge is 0.156 e. The number of nitrogens with zero attached hydrogens (tertiary/aromatic N) is 1. The van der Waals surface area contributed by atoms with E-state index in [1.807, 2.05) is 11.8 Å². The Bertz CT molecular complexity index is 229. The quantitative estimate of drug-likeness (QED) is 0.785. The summed E-state index contributed by atoms with van der Waals surface area (Å²) in [4.78, 5) is 4.61. The second kappa shape index (κ2) is 5.75. The second-order valence-electron chi connectivity index (χ2n) is 4.88. The molecule has 0 saturated carbocycles. The van der Waals surface area contributed by atoms with Crippen LogP contribution in [0.15, 0.2) is 4.99 Å². The summed E-state index contributed by atoms with van der Waals surface area (Å²) in [5, 5.41) is 4.47. The zero-order valence-electron chi connectivity index (χ0n) is 10.2. The molecule has 0 aromatic carbocycles. The van der Waals surface area contributed by atoms with Gasteiger partial charge in [-0.1, -0.05) is 25.6 Å². The Morgan fingerprint density at radius 2 is 2.33 bits per heavy atom. The van der Waals surface area contributed by atoms with Crippen molar-refractivity contribution in [2.75, 3.05) is 26.0 Å². The van der Waals surface area contributed by atoms with Crippen LogP contribution in [-0.4, -0.2) is 37.2 Å². The number of thioether (sulfide) groups is 1. The number of rotatable bonds is 5. The SMILES string of the molecule is COCCC(C)(C)CN=C1NC(C)CS1. The Morgan fingerprint density at radius 3 is 2.87 bits per heavy atom. The molecule has 0 bridgehead atoms. The van der Waals surface area contributed by atoms with Gasteiger partial charge in [0.05, 0.1) is 0 Å². The van der Waals surface area contributed by atoms with Crippen molar-refractivity contribution in [1.82, 2.24) is 5.32 Å². The number of amidine groups is 1. The summed E-state index contributed by atoms with van der Waals surface area (Å²) < 4.78 is 5.10. The maximum atomic E-state index is 5.10. The van der Waals surface area contributed by atoms with Gasteiger partial charge in [0, 0.05) is 32.1 Å².